The number of halogens is 1. The van der Waals surface area contributed by atoms with Crippen molar-refractivity contribution in [1.82, 2.24) is 5.32 Å². The molecule has 0 unspecified atom stereocenters. The number of aliphatic hydroxyl groups excluding tert-OH is 1. The number of carbonyl (C=O) groups excluding carboxylic acids is 1. The maximum atomic E-state index is 11.8. The first-order valence-electron chi connectivity index (χ1n) is 6.44. The third-order valence-electron chi connectivity index (χ3n) is 3.43. The second-order valence-corrected chi connectivity index (χ2v) is 5.38. The van der Waals surface area contributed by atoms with Gasteiger partial charge in [0.25, 0.3) is 5.91 Å². The summed E-state index contributed by atoms with van der Waals surface area (Å²) in [6.07, 6.45) is 3.73. The smallest absolute Gasteiger partial charge is 0.258 e. The first-order chi connectivity index (χ1) is 9.13. The average Bonchev–Trinajstić information content (AvgIpc) is 2.86. The Bertz CT molecular complexity index is 444. The Kier molecular flexibility index (Phi) is 4.66. The van der Waals surface area contributed by atoms with E-state index in [-0.39, 0.29) is 19.1 Å². The van der Waals surface area contributed by atoms with E-state index < -0.39 is 5.54 Å². The zero-order valence-electron chi connectivity index (χ0n) is 10.7. The molecule has 5 heteroatoms. The van der Waals surface area contributed by atoms with Crippen molar-refractivity contribution in [2.24, 2.45) is 0 Å². The molecular weight excluding hydrogens is 266 g/mol. The van der Waals surface area contributed by atoms with Gasteiger partial charge in [-0.05, 0) is 31.0 Å². The molecule has 0 aliphatic heterocycles. The average molecular weight is 284 g/mol. The number of rotatable bonds is 5. The van der Waals surface area contributed by atoms with Gasteiger partial charge in [-0.2, -0.15) is 0 Å². The molecule has 0 atom stereocenters. The van der Waals surface area contributed by atoms with Crippen LogP contribution >= 0.6 is 11.6 Å². The molecule has 1 aliphatic carbocycles. The molecule has 0 radical (unpaired) electrons. The highest BCUT2D eigenvalue weighted by atomic mass is 35.5. The lowest BCUT2D eigenvalue weighted by Gasteiger charge is -2.27. The van der Waals surface area contributed by atoms with Crippen molar-refractivity contribution >= 4 is 17.5 Å². The summed E-state index contributed by atoms with van der Waals surface area (Å²) in [5.41, 5.74) is -0.450. The minimum absolute atomic E-state index is 0.0180. The molecule has 1 amide bonds. The number of amides is 1. The minimum atomic E-state index is -0.450. The second kappa shape index (κ2) is 6.26. The van der Waals surface area contributed by atoms with E-state index in [0.29, 0.717) is 10.8 Å². The van der Waals surface area contributed by atoms with Crippen LogP contribution in [0.25, 0.3) is 0 Å². The van der Waals surface area contributed by atoms with E-state index in [1.54, 1.807) is 24.3 Å². The molecule has 1 aromatic carbocycles. The maximum absolute atomic E-state index is 11.8. The van der Waals surface area contributed by atoms with Crippen molar-refractivity contribution < 1.29 is 14.6 Å². The normalized spacial score (nSPS) is 17.2. The third kappa shape index (κ3) is 3.85. The minimum Gasteiger partial charge on any atom is -0.484 e. The lowest BCUT2D eigenvalue weighted by molar-refractivity contribution is -0.125. The number of hydrogen-bond acceptors (Lipinski definition) is 3. The van der Waals surface area contributed by atoms with Crippen molar-refractivity contribution in [1.29, 1.82) is 0 Å². The number of nitrogens with one attached hydrogen (secondary N) is 1. The summed E-state index contributed by atoms with van der Waals surface area (Å²) < 4.78 is 5.37. The highest BCUT2D eigenvalue weighted by molar-refractivity contribution is 6.30. The predicted molar refractivity (Wildman–Crippen MR) is 73.4 cm³/mol. The van der Waals surface area contributed by atoms with E-state index in [0.717, 1.165) is 25.7 Å². The van der Waals surface area contributed by atoms with Crippen LogP contribution in [0.3, 0.4) is 0 Å². The van der Waals surface area contributed by atoms with Gasteiger partial charge in [-0.15, -0.1) is 0 Å². The van der Waals surface area contributed by atoms with E-state index >= 15 is 0 Å². The molecule has 1 aromatic rings. The highest BCUT2D eigenvalue weighted by Gasteiger charge is 2.34. The van der Waals surface area contributed by atoms with Gasteiger partial charge in [-0.3, -0.25) is 4.79 Å². The molecule has 0 aromatic heterocycles. The molecule has 19 heavy (non-hydrogen) atoms. The SMILES string of the molecule is O=C(COc1cccc(Cl)c1)NC1(CO)CCCC1. The third-order valence-corrected chi connectivity index (χ3v) is 3.67. The van der Waals surface area contributed by atoms with Gasteiger partial charge >= 0.3 is 0 Å². The Labute approximate surface area is 117 Å². The topological polar surface area (TPSA) is 58.6 Å². The molecule has 104 valence electrons. The van der Waals surface area contributed by atoms with Crippen LogP contribution in [0.1, 0.15) is 25.7 Å². The Hall–Kier alpha value is -1.26. The summed E-state index contributed by atoms with van der Waals surface area (Å²) in [7, 11) is 0. The van der Waals surface area contributed by atoms with Crippen LogP contribution in [-0.4, -0.2) is 29.8 Å². The van der Waals surface area contributed by atoms with Gasteiger partial charge in [0.15, 0.2) is 6.61 Å². The molecule has 0 saturated heterocycles. The molecule has 0 heterocycles. The summed E-state index contributed by atoms with van der Waals surface area (Å²) >= 11 is 5.83. The largest absolute Gasteiger partial charge is 0.484 e. The van der Waals surface area contributed by atoms with Crippen LogP contribution in [0.4, 0.5) is 0 Å². The molecule has 1 saturated carbocycles. The Morgan fingerprint density at radius 2 is 2.16 bits per heavy atom. The van der Waals surface area contributed by atoms with Crippen molar-refractivity contribution in [2.45, 2.75) is 31.2 Å². The molecule has 4 nitrogen and oxygen atoms in total. The summed E-state index contributed by atoms with van der Waals surface area (Å²) in [5.74, 6) is 0.350. The van der Waals surface area contributed by atoms with Gasteiger partial charge in [0.1, 0.15) is 5.75 Å². The number of hydrogen-bond donors (Lipinski definition) is 2. The van der Waals surface area contributed by atoms with Crippen LogP contribution in [0.2, 0.25) is 5.02 Å². The van der Waals surface area contributed by atoms with E-state index in [1.807, 2.05) is 0 Å². The van der Waals surface area contributed by atoms with Crippen LogP contribution in [0, 0.1) is 0 Å². The first-order valence-corrected chi connectivity index (χ1v) is 6.82. The van der Waals surface area contributed by atoms with Crippen molar-refractivity contribution in [3.8, 4) is 5.75 Å². The molecule has 1 aliphatic rings. The Morgan fingerprint density at radius 1 is 1.42 bits per heavy atom. The lowest BCUT2D eigenvalue weighted by Crippen LogP contribution is -2.50. The first kappa shape index (κ1) is 14.2. The van der Waals surface area contributed by atoms with Gasteiger partial charge in [0.05, 0.1) is 12.1 Å². The monoisotopic (exact) mass is 283 g/mol. The fraction of sp³-hybridized carbons (Fsp3) is 0.500. The second-order valence-electron chi connectivity index (χ2n) is 4.94. The molecule has 2 N–H and O–H groups in total. The Balaban J connectivity index is 1.84. The molecule has 1 fully saturated rings. The van der Waals surface area contributed by atoms with E-state index in [4.69, 9.17) is 16.3 Å². The van der Waals surface area contributed by atoms with Gasteiger partial charge in [-0.25, -0.2) is 0 Å². The number of benzene rings is 1. The van der Waals surface area contributed by atoms with Gasteiger partial charge < -0.3 is 15.2 Å². The fourth-order valence-corrected chi connectivity index (χ4v) is 2.59. The molecule has 0 bridgehead atoms. The maximum Gasteiger partial charge on any atom is 0.258 e. The van der Waals surface area contributed by atoms with Crippen LogP contribution in [-0.2, 0) is 4.79 Å². The van der Waals surface area contributed by atoms with Gasteiger partial charge in [0, 0.05) is 5.02 Å². The molecular formula is C14H18ClNO3. The van der Waals surface area contributed by atoms with Gasteiger partial charge in [0.2, 0.25) is 0 Å². The zero-order chi connectivity index (χ0) is 13.7. The summed E-state index contributed by atoms with van der Waals surface area (Å²) in [4.78, 5) is 11.8. The summed E-state index contributed by atoms with van der Waals surface area (Å²) in [5, 5.41) is 12.9. The summed E-state index contributed by atoms with van der Waals surface area (Å²) in [6, 6.07) is 6.91. The quantitative estimate of drug-likeness (QED) is 0.870. The van der Waals surface area contributed by atoms with E-state index in [1.165, 1.54) is 0 Å². The molecule has 2 rings (SSSR count). The van der Waals surface area contributed by atoms with Crippen LogP contribution in [0.15, 0.2) is 24.3 Å². The van der Waals surface area contributed by atoms with Gasteiger partial charge in [-0.1, -0.05) is 30.5 Å². The Morgan fingerprint density at radius 3 is 2.79 bits per heavy atom. The number of carbonyl (C=O) groups is 1. The molecule has 0 spiro atoms. The van der Waals surface area contributed by atoms with Crippen molar-refractivity contribution in [3.63, 3.8) is 0 Å². The van der Waals surface area contributed by atoms with E-state index in [9.17, 15) is 9.90 Å². The zero-order valence-corrected chi connectivity index (χ0v) is 11.4. The highest BCUT2D eigenvalue weighted by Crippen LogP contribution is 2.29. The lowest BCUT2D eigenvalue weighted by atomic mass is 9.99. The standard InChI is InChI=1S/C14H18ClNO3/c15-11-4-3-5-12(8-11)19-9-13(18)16-14(10-17)6-1-2-7-14/h3-5,8,17H,1-2,6-7,9-10H2,(H,16,18). The van der Waals surface area contributed by atoms with Crippen molar-refractivity contribution in [2.75, 3.05) is 13.2 Å². The van der Waals surface area contributed by atoms with E-state index in [2.05, 4.69) is 5.32 Å². The van der Waals surface area contributed by atoms with Crippen molar-refractivity contribution in [3.05, 3.63) is 29.3 Å². The number of aliphatic hydroxyl groups is 1. The van der Waals surface area contributed by atoms with Crippen LogP contribution in [0.5, 0.6) is 5.75 Å². The fourth-order valence-electron chi connectivity index (χ4n) is 2.41. The van der Waals surface area contributed by atoms with Crippen LogP contribution < -0.4 is 10.1 Å². The number of ether oxygens (including phenoxy) is 1. The summed E-state index contributed by atoms with van der Waals surface area (Å²) in [6.45, 7) is -0.0853. The predicted octanol–water partition coefficient (Wildman–Crippen LogP) is 2.14.